The number of aliphatic carboxylic acids is 1. The van der Waals surface area contributed by atoms with E-state index in [-0.39, 0.29) is 6.04 Å². The summed E-state index contributed by atoms with van der Waals surface area (Å²) in [5.74, 6) is -0.0940. The number of fused-ring (bicyclic) bond motifs is 1. The number of nitrogens with zero attached hydrogens (tertiary/aromatic N) is 1. The van der Waals surface area contributed by atoms with Gasteiger partial charge in [0.25, 0.3) is 0 Å². The summed E-state index contributed by atoms with van der Waals surface area (Å²) in [4.78, 5) is 18.8. The fourth-order valence-electron chi connectivity index (χ4n) is 3.20. The quantitative estimate of drug-likeness (QED) is 0.659. The molecule has 6 heteroatoms. The molecule has 0 aliphatic carbocycles. The molecule has 4 rings (SSSR count). The molecule has 132 valence electrons. The van der Waals surface area contributed by atoms with Gasteiger partial charge in [-0.05, 0) is 23.3 Å². The first-order valence-corrected chi connectivity index (χ1v) is 8.48. The van der Waals surface area contributed by atoms with Gasteiger partial charge in [-0.3, -0.25) is 10.1 Å². The predicted molar refractivity (Wildman–Crippen MR) is 95.9 cm³/mol. The van der Waals surface area contributed by atoms with Crippen LogP contribution in [0.5, 0.6) is 5.75 Å². The van der Waals surface area contributed by atoms with Crippen molar-refractivity contribution in [3.05, 3.63) is 83.4 Å². The largest absolute Gasteiger partial charge is 0.489 e. The minimum atomic E-state index is -0.863. The summed E-state index contributed by atoms with van der Waals surface area (Å²) in [6, 6.07) is 16.8. The highest BCUT2D eigenvalue weighted by molar-refractivity contribution is 5.74. The summed E-state index contributed by atoms with van der Waals surface area (Å²) in [7, 11) is 0. The number of hydrogen-bond acceptors (Lipinski definition) is 4. The molecule has 0 bridgehead atoms. The van der Waals surface area contributed by atoms with Gasteiger partial charge in [0, 0.05) is 12.1 Å². The SMILES string of the molecule is O=C(O)[C@@H]1Cc2[nH]cnc2[C@H](c2ccc(OCc3ccccc3)cc2)N1. The number of hydrogen-bond donors (Lipinski definition) is 3. The molecule has 3 aromatic rings. The van der Waals surface area contributed by atoms with Gasteiger partial charge in [0.1, 0.15) is 18.4 Å². The highest BCUT2D eigenvalue weighted by atomic mass is 16.5. The number of ether oxygens (including phenoxy) is 1. The Balaban J connectivity index is 1.50. The van der Waals surface area contributed by atoms with Gasteiger partial charge in [-0.2, -0.15) is 0 Å². The Bertz CT molecular complexity index is 890. The van der Waals surface area contributed by atoms with Crippen molar-refractivity contribution in [3.8, 4) is 5.75 Å². The lowest BCUT2D eigenvalue weighted by atomic mass is 9.94. The number of rotatable bonds is 5. The maximum atomic E-state index is 11.4. The first-order valence-electron chi connectivity index (χ1n) is 8.48. The topological polar surface area (TPSA) is 87.2 Å². The molecule has 1 aliphatic rings. The van der Waals surface area contributed by atoms with E-state index in [4.69, 9.17) is 4.74 Å². The normalized spacial score (nSPS) is 18.9. The molecule has 0 saturated heterocycles. The van der Waals surface area contributed by atoms with E-state index in [2.05, 4.69) is 15.3 Å². The minimum absolute atomic E-state index is 0.255. The number of aromatic nitrogens is 2. The smallest absolute Gasteiger partial charge is 0.321 e. The van der Waals surface area contributed by atoms with Crippen molar-refractivity contribution in [2.45, 2.75) is 25.1 Å². The fourth-order valence-corrected chi connectivity index (χ4v) is 3.20. The lowest BCUT2D eigenvalue weighted by Gasteiger charge is -2.28. The molecule has 2 aromatic carbocycles. The van der Waals surface area contributed by atoms with E-state index >= 15 is 0 Å². The number of H-pyrrole nitrogens is 1. The Morgan fingerprint density at radius 1 is 1.15 bits per heavy atom. The van der Waals surface area contributed by atoms with Crippen LogP contribution in [0.1, 0.15) is 28.6 Å². The van der Waals surface area contributed by atoms with Crippen LogP contribution in [0.3, 0.4) is 0 Å². The average Bonchev–Trinajstić information content (AvgIpc) is 3.15. The van der Waals surface area contributed by atoms with Crippen molar-refractivity contribution in [2.24, 2.45) is 0 Å². The molecular formula is C20H19N3O3. The van der Waals surface area contributed by atoms with Crippen LogP contribution in [-0.2, 0) is 17.8 Å². The molecule has 2 atom stereocenters. The molecule has 1 aliphatic heterocycles. The summed E-state index contributed by atoms with van der Waals surface area (Å²) < 4.78 is 5.81. The molecule has 0 saturated carbocycles. The molecule has 0 amide bonds. The zero-order valence-electron chi connectivity index (χ0n) is 14.1. The molecule has 3 N–H and O–H groups in total. The van der Waals surface area contributed by atoms with Crippen LogP contribution in [0.2, 0.25) is 0 Å². The van der Waals surface area contributed by atoms with Crippen LogP contribution >= 0.6 is 0 Å². The van der Waals surface area contributed by atoms with Crippen LogP contribution in [0.25, 0.3) is 0 Å². The molecule has 2 heterocycles. The summed E-state index contributed by atoms with van der Waals surface area (Å²) in [5, 5.41) is 12.5. The highest BCUT2D eigenvalue weighted by Crippen LogP contribution is 2.29. The van der Waals surface area contributed by atoms with Crippen molar-refractivity contribution in [1.82, 2.24) is 15.3 Å². The number of carboxylic acids is 1. The van der Waals surface area contributed by atoms with Crippen molar-refractivity contribution in [1.29, 1.82) is 0 Å². The minimum Gasteiger partial charge on any atom is -0.489 e. The van der Waals surface area contributed by atoms with Crippen molar-refractivity contribution < 1.29 is 14.6 Å². The first kappa shape index (κ1) is 16.4. The standard InChI is InChI=1S/C20H19N3O3/c24-20(25)17-10-16-19(22-12-21-16)18(23-17)14-6-8-15(9-7-14)26-11-13-4-2-1-3-5-13/h1-9,12,17-18,23H,10-11H2,(H,21,22)(H,24,25)/t17-,18-/m0/s1. The van der Waals surface area contributed by atoms with Crippen LogP contribution in [0.4, 0.5) is 0 Å². The summed E-state index contributed by atoms with van der Waals surface area (Å²) in [6.07, 6.45) is 2.01. The molecule has 6 nitrogen and oxygen atoms in total. The van der Waals surface area contributed by atoms with Gasteiger partial charge in [-0.1, -0.05) is 42.5 Å². The fraction of sp³-hybridized carbons (Fsp3) is 0.200. The Morgan fingerprint density at radius 3 is 2.65 bits per heavy atom. The van der Waals surface area contributed by atoms with E-state index in [0.29, 0.717) is 13.0 Å². The van der Waals surface area contributed by atoms with Crippen molar-refractivity contribution >= 4 is 5.97 Å². The molecule has 0 spiro atoms. The molecular weight excluding hydrogens is 330 g/mol. The average molecular weight is 349 g/mol. The lowest BCUT2D eigenvalue weighted by Crippen LogP contribution is -2.45. The Hall–Kier alpha value is -3.12. The van der Waals surface area contributed by atoms with Crippen LogP contribution in [0.15, 0.2) is 60.9 Å². The number of carbonyl (C=O) groups is 1. The second-order valence-electron chi connectivity index (χ2n) is 6.30. The molecule has 0 fully saturated rings. The van der Waals surface area contributed by atoms with E-state index in [0.717, 1.165) is 28.3 Å². The van der Waals surface area contributed by atoms with Gasteiger partial charge in [0.15, 0.2) is 0 Å². The third-order valence-corrected chi connectivity index (χ3v) is 4.56. The molecule has 26 heavy (non-hydrogen) atoms. The molecule has 0 unspecified atom stereocenters. The van der Waals surface area contributed by atoms with Crippen LogP contribution in [0, 0.1) is 0 Å². The second-order valence-corrected chi connectivity index (χ2v) is 6.30. The number of benzene rings is 2. The molecule has 0 radical (unpaired) electrons. The van der Waals surface area contributed by atoms with Gasteiger partial charge in [-0.25, -0.2) is 4.98 Å². The summed E-state index contributed by atoms with van der Waals surface area (Å²) >= 11 is 0. The van der Waals surface area contributed by atoms with E-state index in [9.17, 15) is 9.90 Å². The number of aromatic amines is 1. The predicted octanol–water partition coefficient (Wildman–Crippen LogP) is 2.68. The van der Waals surface area contributed by atoms with E-state index in [1.165, 1.54) is 0 Å². The number of imidazole rings is 1. The Kier molecular flexibility index (Phi) is 4.41. The molecule has 1 aromatic heterocycles. The lowest BCUT2D eigenvalue weighted by molar-refractivity contribution is -0.139. The number of carboxylic acid groups (broad SMARTS) is 1. The van der Waals surface area contributed by atoms with Crippen LogP contribution < -0.4 is 10.1 Å². The Labute approximate surface area is 150 Å². The first-order chi connectivity index (χ1) is 12.7. The number of nitrogens with one attached hydrogen (secondary N) is 2. The monoisotopic (exact) mass is 349 g/mol. The maximum Gasteiger partial charge on any atom is 0.321 e. The van der Waals surface area contributed by atoms with Crippen LogP contribution in [-0.4, -0.2) is 27.1 Å². The van der Waals surface area contributed by atoms with E-state index < -0.39 is 12.0 Å². The van der Waals surface area contributed by atoms with Gasteiger partial charge in [0.05, 0.1) is 18.1 Å². The zero-order chi connectivity index (χ0) is 17.9. The third-order valence-electron chi connectivity index (χ3n) is 4.56. The summed E-state index contributed by atoms with van der Waals surface area (Å²) in [6.45, 7) is 0.506. The van der Waals surface area contributed by atoms with Gasteiger partial charge >= 0.3 is 5.97 Å². The third kappa shape index (κ3) is 3.32. The van der Waals surface area contributed by atoms with Gasteiger partial charge in [0.2, 0.25) is 0 Å². The van der Waals surface area contributed by atoms with Gasteiger partial charge < -0.3 is 14.8 Å². The van der Waals surface area contributed by atoms with Gasteiger partial charge in [-0.15, -0.1) is 0 Å². The van der Waals surface area contributed by atoms with E-state index in [1.807, 2.05) is 54.6 Å². The van der Waals surface area contributed by atoms with Crippen molar-refractivity contribution in [2.75, 3.05) is 0 Å². The summed E-state index contributed by atoms with van der Waals surface area (Å²) in [5.41, 5.74) is 3.78. The second kappa shape index (κ2) is 7.01. The highest BCUT2D eigenvalue weighted by Gasteiger charge is 2.33. The van der Waals surface area contributed by atoms with Crippen molar-refractivity contribution in [3.63, 3.8) is 0 Å². The maximum absolute atomic E-state index is 11.4. The zero-order valence-corrected chi connectivity index (χ0v) is 14.1. The van der Waals surface area contributed by atoms with E-state index in [1.54, 1.807) is 6.33 Å². The Morgan fingerprint density at radius 2 is 1.92 bits per heavy atom.